The number of H-pyrrole nitrogens is 1. The van der Waals surface area contributed by atoms with E-state index < -0.39 is 0 Å². The predicted molar refractivity (Wildman–Crippen MR) is 108 cm³/mol. The number of carbonyl (C=O) groups is 1. The molecule has 2 N–H and O–H groups in total. The summed E-state index contributed by atoms with van der Waals surface area (Å²) in [7, 11) is 0. The van der Waals surface area contributed by atoms with Crippen molar-refractivity contribution >= 4 is 16.8 Å². The van der Waals surface area contributed by atoms with Gasteiger partial charge in [0.2, 0.25) is 0 Å². The number of carbonyl (C=O) groups excluding carboxylic acids is 1. The van der Waals surface area contributed by atoms with Crippen LogP contribution in [0.4, 0.5) is 0 Å². The Kier molecular flexibility index (Phi) is 4.23. The first-order chi connectivity index (χ1) is 13.7. The highest BCUT2D eigenvalue weighted by Gasteiger charge is 2.23. The minimum Gasteiger partial charge on any atom is -0.486 e. The van der Waals surface area contributed by atoms with E-state index in [-0.39, 0.29) is 12.0 Å². The number of aryl methyl sites for hydroxylation is 1. The number of benzene rings is 2. The second kappa shape index (κ2) is 6.89. The number of hydrogen-bond donors (Lipinski definition) is 2. The summed E-state index contributed by atoms with van der Waals surface area (Å²) in [6, 6.07) is 13.5. The third-order valence-electron chi connectivity index (χ3n) is 5.75. The average molecular weight is 376 g/mol. The molecule has 1 aliphatic carbocycles. The van der Waals surface area contributed by atoms with E-state index in [2.05, 4.69) is 17.2 Å². The van der Waals surface area contributed by atoms with Crippen LogP contribution in [0, 0.1) is 5.92 Å². The van der Waals surface area contributed by atoms with Crippen molar-refractivity contribution in [3.05, 3.63) is 59.3 Å². The SMILES string of the molecule is C[C@@H]1CCc2[nH]c3ccc(C(=O)NC[C@H]4COc5ccccc5O4)cc3c2C1. The molecule has 0 unspecified atom stereocenters. The van der Waals surface area contributed by atoms with E-state index in [0.717, 1.165) is 29.9 Å². The summed E-state index contributed by atoms with van der Waals surface area (Å²) in [5.41, 5.74) is 4.52. The van der Waals surface area contributed by atoms with Crippen molar-refractivity contribution in [3.63, 3.8) is 0 Å². The maximum absolute atomic E-state index is 12.7. The average Bonchev–Trinajstić information content (AvgIpc) is 3.09. The molecule has 0 bridgehead atoms. The fourth-order valence-electron chi connectivity index (χ4n) is 4.20. The van der Waals surface area contributed by atoms with Crippen molar-refractivity contribution < 1.29 is 14.3 Å². The van der Waals surface area contributed by atoms with Crippen LogP contribution in [0.15, 0.2) is 42.5 Å². The van der Waals surface area contributed by atoms with Gasteiger partial charge in [-0.1, -0.05) is 19.1 Å². The lowest BCUT2D eigenvalue weighted by molar-refractivity contribution is 0.0789. The van der Waals surface area contributed by atoms with Crippen molar-refractivity contribution in [1.82, 2.24) is 10.3 Å². The molecule has 0 radical (unpaired) electrons. The van der Waals surface area contributed by atoms with Gasteiger partial charge in [-0.15, -0.1) is 0 Å². The van der Waals surface area contributed by atoms with Gasteiger partial charge in [0.05, 0.1) is 6.54 Å². The van der Waals surface area contributed by atoms with E-state index in [0.29, 0.717) is 24.6 Å². The van der Waals surface area contributed by atoms with Gasteiger partial charge in [0.25, 0.3) is 5.91 Å². The molecule has 5 heteroatoms. The molecule has 5 nitrogen and oxygen atoms in total. The van der Waals surface area contributed by atoms with Crippen LogP contribution in [0.2, 0.25) is 0 Å². The molecule has 2 aromatic carbocycles. The summed E-state index contributed by atoms with van der Waals surface area (Å²) >= 11 is 0. The Bertz CT molecular complexity index is 1040. The molecule has 144 valence electrons. The monoisotopic (exact) mass is 376 g/mol. The third kappa shape index (κ3) is 3.11. The van der Waals surface area contributed by atoms with E-state index in [9.17, 15) is 4.79 Å². The summed E-state index contributed by atoms with van der Waals surface area (Å²) in [5.74, 6) is 2.09. The van der Waals surface area contributed by atoms with Gasteiger partial charge in [0.1, 0.15) is 12.7 Å². The zero-order valence-corrected chi connectivity index (χ0v) is 16.0. The quantitative estimate of drug-likeness (QED) is 0.730. The van der Waals surface area contributed by atoms with Gasteiger partial charge in [-0.3, -0.25) is 4.79 Å². The lowest BCUT2D eigenvalue weighted by atomic mass is 9.87. The minimum atomic E-state index is -0.191. The fourth-order valence-corrected chi connectivity index (χ4v) is 4.20. The molecule has 28 heavy (non-hydrogen) atoms. The second-order valence-electron chi connectivity index (χ2n) is 7.90. The first-order valence-corrected chi connectivity index (χ1v) is 9.97. The smallest absolute Gasteiger partial charge is 0.251 e. The van der Waals surface area contributed by atoms with Gasteiger partial charge < -0.3 is 19.8 Å². The van der Waals surface area contributed by atoms with E-state index >= 15 is 0 Å². The summed E-state index contributed by atoms with van der Waals surface area (Å²) in [5, 5.41) is 4.17. The zero-order valence-electron chi connectivity index (χ0n) is 16.0. The van der Waals surface area contributed by atoms with Crippen LogP contribution in [0.3, 0.4) is 0 Å². The second-order valence-corrected chi connectivity index (χ2v) is 7.90. The molecule has 0 saturated carbocycles. The molecule has 5 rings (SSSR count). The summed E-state index contributed by atoms with van der Waals surface area (Å²) in [4.78, 5) is 16.2. The van der Waals surface area contributed by atoms with Gasteiger partial charge in [0.15, 0.2) is 11.5 Å². The van der Waals surface area contributed by atoms with Crippen LogP contribution in [0.1, 0.15) is 35.0 Å². The number of aromatic nitrogens is 1. The summed E-state index contributed by atoms with van der Waals surface area (Å²) < 4.78 is 11.6. The van der Waals surface area contributed by atoms with Crippen molar-refractivity contribution in [3.8, 4) is 11.5 Å². The van der Waals surface area contributed by atoms with Gasteiger partial charge in [0, 0.05) is 22.2 Å². The largest absolute Gasteiger partial charge is 0.486 e. The topological polar surface area (TPSA) is 63.4 Å². The first kappa shape index (κ1) is 17.2. The lowest BCUT2D eigenvalue weighted by Crippen LogP contribution is -2.40. The van der Waals surface area contributed by atoms with Gasteiger partial charge in [-0.05, 0) is 61.1 Å². The molecule has 0 spiro atoms. The number of hydrogen-bond acceptors (Lipinski definition) is 3. The van der Waals surface area contributed by atoms with E-state index in [1.54, 1.807) is 0 Å². The standard InChI is InChI=1S/C23H24N2O3/c1-14-6-8-19-17(10-14)18-11-15(7-9-20(18)25-19)23(26)24-12-16-13-27-21-4-2-3-5-22(21)28-16/h2-5,7,9,11,14,16,25H,6,8,10,12-13H2,1H3,(H,24,26)/t14-,16+/m1/s1. The Morgan fingerprint density at radius 3 is 2.96 bits per heavy atom. The number of rotatable bonds is 3. The molecule has 2 aliphatic rings. The molecule has 0 saturated heterocycles. The number of aromatic amines is 1. The van der Waals surface area contributed by atoms with Crippen LogP contribution in [-0.4, -0.2) is 30.1 Å². The van der Waals surface area contributed by atoms with Crippen LogP contribution < -0.4 is 14.8 Å². The molecule has 2 atom stereocenters. The minimum absolute atomic E-state index is 0.0804. The molecule has 2 heterocycles. The van der Waals surface area contributed by atoms with E-state index in [1.807, 2.05) is 42.5 Å². The summed E-state index contributed by atoms with van der Waals surface area (Å²) in [6.45, 7) is 3.13. The Morgan fingerprint density at radius 2 is 2.07 bits per heavy atom. The predicted octanol–water partition coefficient (Wildman–Crippen LogP) is 3.86. The maximum atomic E-state index is 12.7. The Morgan fingerprint density at radius 1 is 1.21 bits per heavy atom. The van der Waals surface area contributed by atoms with Crippen molar-refractivity contribution in [2.75, 3.05) is 13.2 Å². The number of fused-ring (bicyclic) bond motifs is 4. The molecule has 0 fully saturated rings. The van der Waals surface area contributed by atoms with Gasteiger partial charge in [-0.25, -0.2) is 0 Å². The zero-order chi connectivity index (χ0) is 19.1. The van der Waals surface area contributed by atoms with Crippen LogP contribution >= 0.6 is 0 Å². The number of nitrogens with one attached hydrogen (secondary N) is 2. The molecular weight excluding hydrogens is 352 g/mol. The highest BCUT2D eigenvalue weighted by molar-refractivity contribution is 5.99. The first-order valence-electron chi connectivity index (χ1n) is 9.97. The van der Waals surface area contributed by atoms with E-state index in [1.165, 1.54) is 23.1 Å². The van der Waals surface area contributed by atoms with Crippen LogP contribution in [-0.2, 0) is 12.8 Å². The normalized spacial score (nSPS) is 20.6. The highest BCUT2D eigenvalue weighted by atomic mass is 16.6. The molecule has 1 aromatic heterocycles. The van der Waals surface area contributed by atoms with Crippen LogP contribution in [0.5, 0.6) is 11.5 Å². The molecule has 1 amide bonds. The Balaban J connectivity index is 1.29. The fraction of sp³-hybridized carbons (Fsp3) is 0.348. The van der Waals surface area contributed by atoms with Crippen molar-refractivity contribution in [2.24, 2.45) is 5.92 Å². The van der Waals surface area contributed by atoms with Gasteiger partial charge >= 0.3 is 0 Å². The molecule has 3 aromatic rings. The Hall–Kier alpha value is -2.95. The van der Waals surface area contributed by atoms with E-state index in [4.69, 9.17) is 9.47 Å². The number of amides is 1. The third-order valence-corrected chi connectivity index (χ3v) is 5.75. The number of ether oxygens (including phenoxy) is 2. The summed E-state index contributed by atoms with van der Waals surface area (Å²) in [6.07, 6.45) is 3.20. The van der Waals surface area contributed by atoms with Crippen molar-refractivity contribution in [2.45, 2.75) is 32.3 Å². The van der Waals surface area contributed by atoms with Crippen molar-refractivity contribution in [1.29, 1.82) is 0 Å². The van der Waals surface area contributed by atoms with Crippen LogP contribution in [0.25, 0.3) is 10.9 Å². The lowest BCUT2D eigenvalue weighted by Gasteiger charge is -2.26. The Labute approximate surface area is 164 Å². The maximum Gasteiger partial charge on any atom is 0.251 e. The van der Waals surface area contributed by atoms with Gasteiger partial charge in [-0.2, -0.15) is 0 Å². The number of para-hydroxylation sites is 2. The molecular formula is C23H24N2O3. The molecule has 1 aliphatic heterocycles. The highest BCUT2D eigenvalue weighted by Crippen LogP contribution is 2.32.